The Morgan fingerprint density at radius 1 is 0.850 bits per heavy atom. The molecule has 0 atom stereocenters. The molecule has 110 valence electrons. The zero-order chi connectivity index (χ0) is 15.6. The van der Waals surface area contributed by atoms with Crippen molar-refractivity contribution in [2.45, 2.75) is 12.4 Å². The highest BCUT2D eigenvalue weighted by molar-refractivity contribution is 5.96. The molecule has 0 radical (unpaired) electrons. The van der Waals surface area contributed by atoms with E-state index in [2.05, 4.69) is 4.98 Å². The van der Waals surface area contributed by atoms with Gasteiger partial charge in [-0.2, -0.15) is 26.3 Å². The highest BCUT2D eigenvalue weighted by Gasteiger charge is 2.40. The molecule has 0 aliphatic heterocycles. The van der Waals surface area contributed by atoms with Crippen LogP contribution in [0, 0.1) is 0 Å². The number of halogens is 6. The molecule has 0 aromatic carbocycles. The third-order valence-electron chi connectivity index (χ3n) is 1.75. The van der Waals surface area contributed by atoms with Gasteiger partial charge in [0, 0.05) is 0 Å². The van der Waals surface area contributed by atoms with E-state index >= 15 is 0 Å². The summed E-state index contributed by atoms with van der Waals surface area (Å²) in [6.45, 7) is 0. The molecule has 0 spiro atoms. The molecule has 0 saturated carbocycles. The first kappa shape index (κ1) is 15.7. The van der Waals surface area contributed by atoms with Crippen molar-refractivity contribution in [1.82, 2.24) is 4.98 Å². The van der Waals surface area contributed by atoms with Crippen molar-refractivity contribution >= 4 is 23.5 Å². The van der Waals surface area contributed by atoms with Crippen molar-refractivity contribution < 1.29 is 35.9 Å². The zero-order valence-corrected chi connectivity index (χ0v) is 9.26. The number of hydrogen-bond acceptors (Lipinski definition) is 3. The molecule has 0 bridgehead atoms. The Hall–Kier alpha value is -2.33. The molecule has 1 aromatic heterocycles. The van der Waals surface area contributed by atoms with Crippen LogP contribution >= 0.6 is 0 Å². The smallest absolute Gasteiger partial charge is 0.303 e. The predicted molar refractivity (Wildman–Crippen MR) is 53.6 cm³/mol. The zero-order valence-electron chi connectivity index (χ0n) is 9.26. The first-order valence-electron chi connectivity index (χ1n) is 4.73. The lowest BCUT2D eigenvalue weighted by molar-refractivity contribution is -0.167. The van der Waals surface area contributed by atoms with Gasteiger partial charge in [0.1, 0.15) is 11.6 Å². The Kier molecular flexibility index (Phi) is 4.20. The largest absolute Gasteiger partial charge is 0.471 e. The molecule has 0 unspecified atom stereocenters. The second-order valence-electron chi connectivity index (χ2n) is 3.31. The number of amides is 2. The van der Waals surface area contributed by atoms with Crippen LogP contribution in [0.4, 0.5) is 38.0 Å². The molecule has 11 heteroatoms. The first-order valence-corrected chi connectivity index (χ1v) is 4.73. The molecule has 0 saturated heterocycles. The highest BCUT2D eigenvalue weighted by atomic mass is 19.4. The Morgan fingerprint density at radius 3 is 1.50 bits per heavy atom. The van der Waals surface area contributed by atoms with Crippen molar-refractivity contribution in [3.63, 3.8) is 0 Å². The summed E-state index contributed by atoms with van der Waals surface area (Å²) in [6, 6.07) is 2.82. The minimum atomic E-state index is -5.17. The lowest BCUT2D eigenvalue weighted by Gasteiger charge is -2.10. The number of nitrogens with zero attached hydrogens (tertiary/aromatic N) is 1. The third kappa shape index (κ3) is 4.40. The summed E-state index contributed by atoms with van der Waals surface area (Å²) in [5.74, 6) is -6.01. The number of aromatic nitrogens is 1. The number of pyridine rings is 1. The SMILES string of the molecule is O=C(Nc1cccc(NC(=O)C(F)(F)F)n1)C(F)(F)F. The van der Waals surface area contributed by atoms with Gasteiger partial charge in [-0.25, -0.2) is 4.98 Å². The average Bonchev–Trinajstić information content (AvgIpc) is 2.26. The third-order valence-corrected chi connectivity index (χ3v) is 1.75. The van der Waals surface area contributed by atoms with Crippen LogP contribution in [0.1, 0.15) is 0 Å². The van der Waals surface area contributed by atoms with Crippen LogP contribution in [0.3, 0.4) is 0 Å². The fourth-order valence-corrected chi connectivity index (χ4v) is 0.948. The van der Waals surface area contributed by atoms with E-state index < -0.39 is 35.8 Å². The van der Waals surface area contributed by atoms with E-state index in [0.717, 1.165) is 18.2 Å². The summed E-state index contributed by atoms with van der Waals surface area (Å²) < 4.78 is 71.7. The minimum absolute atomic E-state index is 0.660. The summed E-state index contributed by atoms with van der Waals surface area (Å²) >= 11 is 0. The van der Waals surface area contributed by atoms with Crippen LogP contribution in [-0.4, -0.2) is 29.2 Å². The Labute approximate surface area is 107 Å². The van der Waals surface area contributed by atoms with Gasteiger partial charge in [0.2, 0.25) is 0 Å². The van der Waals surface area contributed by atoms with Crippen LogP contribution in [0.5, 0.6) is 0 Å². The van der Waals surface area contributed by atoms with Crippen LogP contribution in [-0.2, 0) is 9.59 Å². The molecular weight excluding hydrogens is 296 g/mol. The van der Waals surface area contributed by atoms with Gasteiger partial charge in [-0.05, 0) is 12.1 Å². The molecule has 0 aliphatic carbocycles. The number of carbonyl (C=O) groups is 2. The van der Waals surface area contributed by atoms with E-state index in [1.165, 1.54) is 10.6 Å². The lowest BCUT2D eigenvalue weighted by atomic mass is 10.4. The van der Waals surface area contributed by atoms with Gasteiger partial charge in [-0.1, -0.05) is 6.07 Å². The summed E-state index contributed by atoms with van der Waals surface area (Å²) in [7, 11) is 0. The maximum atomic E-state index is 11.9. The molecule has 2 N–H and O–H groups in total. The predicted octanol–water partition coefficient (Wildman–Crippen LogP) is 2.08. The number of carbonyl (C=O) groups excluding carboxylic acids is 2. The van der Waals surface area contributed by atoms with E-state index in [1.54, 1.807) is 0 Å². The van der Waals surface area contributed by atoms with E-state index in [4.69, 9.17) is 0 Å². The average molecular weight is 301 g/mol. The standard InChI is InChI=1S/C9H5F6N3O2/c10-8(11,12)6(19)17-4-2-1-3-5(16-4)18-7(20)9(13,14)15/h1-3H,(H2,16,17,18,19,20). The van der Waals surface area contributed by atoms with Crippen molar-refractivity contribution in [2.75, 3.05) is 10.6 Å². The van der Waals surface area contributed by atoms with Gasteiger partial charge in [-0.3, -0.25) is 9.59 Å². The second kappa shape index (κ2) is 5.35. The summed E-state index contributed by atoms with van der Waals surface area (Å²) in [4.78, 5) is 24.4. The maximum Gasteiger partial charge on any atom is 0.471 e. The van der Waals surface area contributed by atoms with Gasteiger partial charge in [-0.15, -0.1) is 0 Å². The number of rotatable bonds is 2. The molecule has 1 heterocycles. The summed E-state index contributed by atoms with van der Waals surface area (Å²) in [5.41, 5.74) is 0. The van der Waals surface area contributed by atoms with Crippen molar-refractivity contribution in [2.24, 2.45) is 0 Å². The van der Waals surface area contributed by atoms with E-state index in [-0.39, 0.29) is 0 Å². The molecule has 5 nitrogen and oxygen atoms in total. The maximum absolute atomic E-state index is 11.9. The van der Waals surface area contributed by atoms with Gasteiger partial charge in [0.05, 0.1) is 0 Å². The van der Waals surface area contributed by atoms with E-state index in [9.17, 15) is 35.9 Å². The van der Waals surface area contributed by atoms with Gasteiger partial charge < -0.3 is 10.6 Å². The Bertz CT molecular complexity index is 482. The number of hydrogen-bond donors (Lipinski definition) is 2. The Balaban J connectivity index is 2.82. The Morgan fingerprint density at radius 2 is 1.20 bits per heavy atom. The molecule has 0 aliphatic rings. The molecule has 0 fully saturated rings. The number of nitrogens with one attached hydrogen (secondary N) is 2. The molecule has 1 rings (SSSR count). The molecule has 2 amide bonds. The van der Waals surface area contributed by atoms with Gasteiger partial charge in [0.15, 0.2) is 0 Å². The molecular formula is C9H5F6N3O2. The lowest BCUT2D eigenvalue weighted by Crippen LogP contribution is -2.31. The van der Waals surface area contributed by atoms with Crippen LogP contribution in [0.2, 0.25) is 0 Å². The summed E-state index contributed by atoms with van der Waals surface area (Å²) in [6.07, 6.45) is -10.3. The minimum Gasteiger partial charge on any atom is -0.303 e. The van der Waals surface area contributed by atoms with E-state index in [0.29, 0.717) is 0 Å². The quantitative estimate of drug-likeness (QED) is 0.822. The van der Waals surface area contributed by atoms with Crippen molar-refractivity contribution in [1.29, 1.82) is 0 Å². The van der Waals surface area contributed by atoms with Crippen molar-refractivity contribution in [3.8, 4) is 0 Å². The van der Waals surface area contributed by atoms with Crippen LogP contribution in [0.15, 0.2) is 18.2 Å². The topological polar surface area (TPSA) is 71.1 Å². The van der Waals surface area contributed by atoms with Crippen LogP contribution < -0.4 is 10.6 Å². The molecule has 20 heavy (non-hydrogen) atoms. The molecule has 1 aromatic rings. The second-order valence-corrected chi connectivity index (χ2v) is 3.31. The fraction of sp³-hybridized carbons (Fsp3) is 0.222. The fourth-order valence-electron chi connectivity index (χ4n) is 0.948. The monoisotopic (exact) mass is 301 g/mol. The number of anilines is 2. The number of alkyl halides is 6. The summed E-state index contributed by atoms with van der Waals surface area (Å²) in [5, 5.41) is 2.65. The normalized spacial score (nSPS) is 11.9. The van der Waals surface area contributed by atoms with E-state index in [1.807, 2.05) is 0 Å². The van der Waals surface area contributed by atoms with Crippen molar-refractivity contribution in [3.05, 3.63) is 18.2 Å². The van der Waals surface area contributed by atoms with Crippen LogP contribution in [0.25, 0.3) is 0 Å². The van der Waals surface area contributed by atoms with Gasteiger partial charge in [0.25, 0.3) is 0 Å². The first-order chi connectivity index (χ1) is 9.00. The highest BCUT2D eigenvalue weighted by Crippen LogP contribution is 2.20. The van der Waals surface area contributed by atoms with Gasteiger partial charge >= 0.3 is 24.2 Å².